The van der Waals surface area contributed by atoms with Crippen LogP contribution in [0.5, 0.6) is 0 Å². The van der Waals surface area contributed by atoms with Gasteiger partial charge in [0.15, 0.2) is 0 Å². The molecule has 2 amide bonds. The number of carbonyl (C=O) groups is 2. The van der Waals surface area contributed by atoms with Gasteiger partial charge in [-0.2, -0.15) is 5.11 Å². The Hall–Kier alpha value is -4.88. The monoisotopic (exact) mass is 673 g/mol. The smallest absolute Gasteiger partial charge is 0.408 e. The molecule has 3 aromatic carbocycles. The van der Waals surface area contributed by atoms with Gasteiger partial charge < -0.3 is 14.5 Å². The summed E-state index contributed by atoms with van der Waals surface area (Å²) in [5.41, 5.74) is 1.46. The molecule has 0 saturated carbocycles. The Labute approximate surface area is 277 Å². The molecular weight excluding hydrogens is 639 g/mol. The molecule has 11 nitrogen and oxygen atoms in total. The Morgan fingerprint density at radius 2 is 1.72 bits per heavy atom. The van der Waals surface area contributed by atoms with E-state index in [1.54, 1.807) is 45.0 Å². The number of aromatic nitrogens is 1. The summed E-state index contributed by atoms with van der Waals surface area (Å²) in [7, 11) is -4.32. The molecule has 0 radical (unpaired) electrons. The van der Waals surface area contributed by atoms with E-state index < -0.39 is 39.7 Å². The lowest BCUT2D eigenvalue weighted by Gasteiger charge is -2.23. The number of para-hydroxylation sites is 1. The van der Waals surface area contributed by atoms with Crippen LogP contribution in [0.4, 0.5) is 9.93 Å². The van der Waals surface area contributed by atoms with Crippen LogP contribution in [0.3, 0.4) is 0 Å². The van der Waals surface area contributed by atoms with Gasteiger partial charge in [-0.25, -0.2) is 22.9 Å². The third-order valence-corrected chi connectivity index (χ3v) is 9.14. The first kappa shape index (κ1) is 33.5. The Balaban J connectivity index is 1.28. The van der Waals surface area contributed by atoms with Gasteiger partial charge in [-0.15, -0.1) is 5.11 Å². The van der Waals surface area contributed by atoms with Gasteiger partial charge in [-0.1, -0.05) is 65.9 Å². The van der Waals surface area contributed by atoms with Crippen molar-refractivity contribution in [2.24, 2.45) is 10.2 Å². The minimum absolute atomic E-state index is 0.147. The van der Waals surface area contributed by atoms with E-state index in [0.29, 0.717) is 28.6 Å². The molecule has 5 aromatic rings. The molecule has 2 N–H and O–H groups in total. The number of nitrogens with zero attached hydrogens (tertiary/aromatic N) is 3. The Bertz CT molecular complexity index is 1960. The van der Waals surface area contributed by atoms with Crippen molar-refractivity contribution in [2.45, 2.75) is 63.1 Å². The molecule has 0 aliphatic heterocycles. The van der Waals surface area contributed by atoms with Crippen molar-refractivity contribution >= 4 is 48.7 Å². The fourth-order valence-corrected chi connectivity index (χ4v) is 6.44. The Kier molecular flexibility index (Phi) is 10.2. The number of carbonyl (C=O) groups excluding carboxylic acids is 2. The minimum Gasteiger partial charge on any atom is -0.459 e. The largest absolute Gasteiger partial charge is 0.459 e. The molecule has 0 fully saturated rings. The van der Waals surface area contributed by atoms with Gasteiger partial charge in [0.25, 0.3) is 15.9 Å². The van der Waals surface area contributed by atoms with Crippen molar-refractivity contribution in [3.63, 3.8) is 0 Å². The molecule has 0 aliphatic rings. The molecule has 0 saturated heterocycles. The van der Waals surface area contributed by atoms with E-state index in [-0.39, 0.29) is 11.3 Å². The van der Waals surface area contributed by atoms with Gasteiger partial charge in [0, 0.05) is 5.56 Å². The summed E-state index contributed by atoms with van der Waals surface area (Å²) < 4.78 is 41.2. The maximum atomic E-state index is 13.4. The topological polar surface area (TPSA) is 152 Å². The second-order valence-electron chi connectivity index (χ2n) is 11.8. The molecule has 244 valence electrons. The highest BCUT2D eigenvalue weighted by Gasteiger charge is 2.28. The number of hydrogen-bond donors (Lipinski definition) is 2. The van der Waals surface area contributed by atoms with Crippen LogP contribution in [0.15, 0.2) is 111 Å². The fraction of sp³-hybridized carbons (Fsp3) is 0.265. The summed E-state index contributed by atoms with van der Waals surface area (Å²) in [6.45, 7) is 6.91. The molecule has 0 spiro atoms. The number of rotatable bonds is 11. The van der Waals surface area contributed by atoms with Gasteiger partial charge in [-0.3, -0.25) is 4.79 Å². The van der Waals surface area contributed by atoms with Crippen molar-refractivity contribution in [1.29, 1.82) is 0 Å². The number of sulfonamides is 1. The standard InChI is InChI=1S/C34H35N5O6S2/c1-22(37-38-32-35-26-15-8-9-16-30(26)46-32)28-19-20-29(44-28)24-13-10-14-25(21-24)47(42,43)39-31(40)27(36-33(41)45-34(2,3)4)18-17-23-11-6-5-7-12-23/h5-16,19-22,27H,17-18H2,1-4H3,(H,36,41)(H,39,40). The van der Waals surface area contributed by atoms with Gasteiger partial charge in [-0.05, 0) is 82.5 Å². The fourth-order valence-electron chi connectivity index (χ4n) is 4.58. The highest BCUT2D eigenvalue weighted by atomic mass is 32.2. The van der Waals surface area contributed by atoms with Crippen molar-refractivity contribution in [2.75, 3.05) is 0 Å². The summed E-state index contributed by atoms with van der Waals surface area (Å²) >= 11 is 1.44. The van der Waals surface area contributed by atoms with Gasteiger partial charge in [0.1, 0.15) is 29.2 Å². The predicted molar refractivity (Wildman–Crippen MR) is 180 cm³/mol. The number of alkyl carbamates (subject to hydrolysis) is 1. The first-order valence-corrected chi connectivity index (χ1v) is 17.2. The van der Waals surface area contributed by atoms with Gasteiger partial charge in [0.2, 0.25) is 5.13 Å². The Morgan fingerprint density at radius 1 is 0.979 bits per heavy atom. The quantitative estimate of drug-likeness (QED) is 0.136. The third-order valence-electron chi connectivity index (χ3n) is 6.87. The molecule has 5 rings (SSSR count). The number of ether oxygens (including phenoxy) is 1. The van der Waals surface area contributed by atoms with E-state index in [0.717, 1.165) is 15.8 Å². The number of azo groups is 1. The number of furan rings is 1. The number of hydrogen-bond acceptors (Lipinski definition) is 10. The van der Waals surface area contributed by atoms with Crippen LogP contribution in [0, 0.1) is 0 Å². The van der Waals surface area contributed by atoms with Crippen LogP contribution in [0.25, 0.3) is 21.5 Å². The highest BCUT2D eigenvalue weighted by molar-refractivity contribution is 7.90. The summed E-state index contributed by atoms with van der Waals surface area (Å²) in [6, 6.07) is 25.0. The Morgan fingerprint density at radius 3 is 2.47 bits per heavy atom. The van der Waals surface area contributed by atoms with E-state index in [9.17, 15) is 18.0 Å². The van der Waals surface area contributed by atoms with Gasteiger partial charge >= 0.3 is 6.09 Å². The molecule has 13 heteroatoms. The van der Waals surface area contributed by atoms with Crippen LogP contribution < -0.4 is 10.0 Å². The van der Waals surface area contributed by atoms with Crippen LogP contribution in [0.1, 0.15) is 51.5 Å². The van der Waals surface area contributed by atoms with E-state index in [4.69, 9.17) is 9.15 Å². The zero-order chi connectivity index (χ0) is 33.6. The normalized spacial score (nSPS) is 13.4. The first-order valence-electron chi connectivity index (χ1n) is 14.9. The van der Waals surface area contributed by atoms with Crippen LogP contribution in [-0.4, -0.2) is 37.0 Å². The van der Waals surface area contributed by atoms with Crippen LogP contribution in [0.2, 0.25) is 0 Å². The molecule has 2 aromatic heterocycles. The average Bonchev–Trinajstić information content (AvgIpc) is 3.69. The maximum Gasteiger partial charge on any atom is 0.408 e. The van der Waals surface area contributed by atoms with Crippen molar-refractivity contribution in [3.8, 4) is 11.3 Å². The zero-order valence-corrected chi connectivity index (χ0v) is 28.0. The highest BCUT2D eigenvalue weighted by Crippen LogP contribution is 2.31. The molecule has 2 atom stereocenters. The lowest BCUT2D eigenvalue weighted by Crippen LogP contribution is -2.49. The number of thiazole rings is 1. The number of benzene rings is 3. The number of fused-ring (bicyclic) bond motifs is 1. The van der Waals surface area contributed by atoms with Crippen molar-refractivity contribution in [3.05, 3.63) is 102 Å². The maximum absolute atomic E-state index is 13.4. The molecular formula is C34H35N5O6S2. The van der Waals surface area contributed by atoms with Crippen LogP contribution >= 0.6 is 11.3 Å². The second kappa shape index (κ2) is 14.3. The van der Waals surface area contributed by atoms with Crippen molar-refractivity contribution in [1.82, 2.24) is 15.0 Å². The lowest BCUT2D eigenvalue weighted by atomic mass is 10.1. The summed E-state index contributed by atoms with van der Waals surface area (Å²) in [5.74, 6) is 0.0587. The van der Waals surface area contributed by atoms with E-state index >= 15 is 0 Å². The number of nitrogens with one attached hydrogen (secondary N) is 2. The molecule has 47 heavy (non-hydrogen) atoms. The number of aryl methyl sites for hydroxylation is 1. The molecule has 0 aliphatic carbocycles. The lowest BCUT2D eigenvalue weighted by molar-refractivity contribution is -0.121. The molecule has 2 unspecified atom stereocenters. The van der Waals surface area contributed by atoms with E-state index in [2.05, 4.69) is 25.3 Å². The SMILES string of the molecule is CC(N=Nc1nc2ccccc2s1)c1ccc(-c2cccc(S(=O)(=O)NC(=O)C(CCc3ccccc3)NC(=O)OC(C)(C)C)c2)o1. The molecule has 0 bridgehead atoms. The van der Waals surface area contributed by atoms with Gasteiger partial charge in [0.05, 0.1) is 15.1 Å². The predicted octanol–water partition coefficient (Wildman–Crippen LogP) is 7.73. The summed E-state index contributed by atoms with van der Waals surface area (Å²) in [6.07, 6.45) is -0.259. The van der Waals surface area contributed by atoms with E-state index in [1.807, 2.05) is 61.5 Å². The number of amides is 2. The third kappa shape index (κ3) is 9.11. The minimum atomic E-state index is -4.32. The van der Waals surface area contributed by atoms with Crippen LogP contribution in [-0.2, 0) is 26.0 Å². The van der Waals surface area contributed by atoms with E-state index in [1.165, 1.54) is 23.5 Å². The summed E-state index contributed by atoms with van der Waals surface area (Å²) in [4.78, 5) is 30.1. The summed E-state index contributed by atoms with van der Waals surface area (Å²) in [5, 5.41) is 11.7. The zero-order valence-electron chi connectivity index (χ0n) is 26.3. The van der Waals surface area contributed by atoms with Crippen molar-refractivity contribution < 1.29 is 27.2 Å². The second-order valence-corrected chi connectivity index (χ2v) is 14.5. The average molecular weight is 674 g/mol. The first-order chi connectivity index (χ1) is 22.4. The molecule has 2 heterocycles.